The van der Waals surface area contributed by atoms with Crippen LogP contribution in [-0.2, 0) is 9.53 Å². The number of ketones is 1. The summed E-state index contributed by atoms with van der Waals surface area (Å²) in [7, 11) is 0. The molecule has 8 nitrogen and oxygen atoms in total. The Morgan fingerprint density at radius 2 is 2.04 bits per heavy atom. The first-order valence-corrected chi connectivity index (χ1v) is 8.58. The fraction of sp³-hybridized carbons (Fsp3) is 0.444. The van der Waals surface area contributed by atoms with Crippen molar-refractivity contribution in [1.29, 1.82) is 0 Å². The summed E-state index contributed by atoms with van der Waals surface area (Å²) in [6, 6.07) is 0.719. The monoisotopic (exact) mass is 361 g/mol. The average Bonchev–Trinajstić information content (AvgIpc) is 3.11. The van der Waals surface area contributed by atoms with Crippen molar-refractivity contribution >= 4 is 23.7 Å². The number of H-pyrrole nitrogens is 1. The fourth-order valence-corrected chi connectivity index (χ4v) is 2.60. The molecule has 140 valence electrons. The molecule has 26 heavy (non-hydrogen) atoms. The van der Waals surface area contributed by atoms with Crippen LogP contribution in [0.3, 0.4) is 0 Å². The number of hydrogen-bond acceptors (Lipinski definition) is 5. The number of hydrogen-bond donors (Lipinski definition) is 3. The smallest absolute Gasteiger partial charge is 0.355 e. The Bertz CT molecular complexity index is 720. The van der Waals surface area contributed by atoms with E-state index in [1.165, 1.54) is 37.6 Å². The van der Waals surface area contributed by atoms with Crippen molar-refractivity contribution in [3.8, 4) is 0 Å². The molecule has 0 saturated carbocycles. The molecule has 0 aromatic carbocycles. The molecule has 1 aromatic heterocycles. The maximum absolute atomic E-state index is 11.8. The number of nitrogens with one attached hydrogen (secondary N) is 3. The lowest BCUT2D eigenvalue weighted by molar-refractivity contribution is -0.123. The zero-order valence-corrected chi connectivity index (χ0v) is 14.7. The SMILES string of the molecule is CC(=O)c1c[nH]c(C(=O)OCC(=O)NC(=O)NCCC2=CCCCC2)c1. The maximum atomic E-state index is 11.8. The molecule has 0 bridgehead atoms. The number of rotatable bonds is 7. The van der Waals surface area contributed by atoms with Crippen LogP contribution in [0, 0.1) is 0 Å². The third-order valence-electron chi connectivity index (χ3n) is 4.01. The Kier molecular flexibility index (Phi) is 7.13. The molecule has 3 amide bonds. The number of allylic oxidation sites excluding steroid dienone is 1. The predicted octanol–water partition coefficient (Wildman–Crippen LogP) is 2.09. The zero-order valence-electron chi connectivity index (χ0n) is 14.7. The summed E-state index contributed by atoms with van der Waals surface area (Å²) in [5.41, 5.74) is 1.73. The van der Waals surface area contributed by atoms with Crippen molar-refractivity contribution in [3.05, 3.63) is 35.2 Å². The standard InChI is InChI=1S/C18H23N3O5/c1-12(22)14-9-15(20-10-14)17(24)26-11-16(23)21-18(25)19-8-7-13-5-3-2-4-6-13/h5,9-10,20H,2-4,6-8,11H2,1H3,(H2,19,21,23,25). The normalized spacial score (nSPS) is 13.5. The van der Waals surface area contributed by atoms with Gasteiger partial charge in [0.2, 0.25) is 0 Å². The van der Waals surface area contributed by atoms with Gasteiger partial charge in [-0.15, -0.1) is 0 Å². The quantitative estimate of drug-likeness (QED) is 0.390. The highest BCUT2D eigenvalue weighted by Crippen LogP contribution is 2.19. The van der Waals surface area contributed by atoms with Gasteiger partial charge in [0, 0.05) is 18.3 Å². The van der Waals surface area contributed by atoms with E-state index in [2.05, 4.69) is 21.7 Å². The summed E-state index contributed by atoms with van der Waals surface area (Å²) < 4.78 is 4.80. The van der Waals surface area contributed by atoms with E-state index in [0.717, 1.165) is 19.3 Å². The van der Waals surface area contributed by atoms with E-state index < -0.39 is 24.5 Å². The minimum atomic E-state index is -0.780. The molecule has 2 rings (SSSR count). The first-order chi connectivity index (χ1) is 12.5. The molecule has 0 fully saturated rings. The number of ether oxygens (including phenoxy) is 1. The number of carbonyl (C=O) groups is 4. The Balaban J connectivity index is 1.65. The van der Waals surface area contributed by atoms with E-state index in [1.807, 2.05) is 0 Å². The van der Waals surface area contributed by atoms with E-state index >= 15 is 0 Å². The second-order valence-electron chi connectivity index (χ2n) is 6.10. The highest BCUT2D eigenvalue weighted by Gasteiger charge is 2.15. The summed E-state index contributed by atoms with van der Waals surface area (Å²) in [6.45, 7) is 1.22. The van der Waals surface area contributed by atoms with Crippen molar-refractivity contribution < 1.29 is 23.9 Å². The second kappa shape index (κ2) is 9.55. The predicted molar refractivity (Wildman–Crippen MR) is 93.8 cm³/mol. The molecular formula is C18H23N3O5. The highest BCUT2D eigenvalue weighted by molar-refractivity contribution is 5.99. The van der Waals surface area contributed by atoms with Gasteiger partial charge in [-0.2, -0.15) is 0 Å². The van der Waals surface area contributed by atoms with Crippen LogP contribution < -0.4 is 10.6 Å². The highest BCUT2D eigenvalue weighted by atomic mass is 16.5. The van der Waals surface area contributed by atoms with Crippen molar-refractivity contribution in [2.24, 2.45) is 0 Å². The number of amides is 3. The fourth-order valence-electron chi connectivity index (χ4n) is 2.60. The van der Waals surface area contributed by atoms with Gasteiger partial charge in [0.1, 0.15) is 5.69 Å². The molecule has 1 aliphatic carbocycles. The first-order valence-electron chi connectivity index (χ1n) is 8.58. The average molecular weight is 361 g/mol. The molecule has 0 unspecified atom stereocenters. The number of imide groups is 1. The molecule has 1 aliphatic rings. The van der Waals surface area contributed by atoms with Crippen molar-refractivity contribution in [1.82, 2.24) is 15.6 Å². The third-order valence-corrected chi connectivity index (χ3v) is 4.01. The van der Waals surface area contributed by atoms with Gasteiger partial charge in [0.15, 0.2) is 12.4 Å². The topological polar surface area (TPSA) is 117 Å². The van der Waals surface area contributed by atoms with Crippen LogP contribution in [0.1, 0.15) is 59.9 Å². The first kappa shape index (κ1) is 19.4. The molecule has 1 heterocycles. The van der Waals surface area contributed by atoms with Crippen LogP contribution in [0.5, 0.6) is 0 Å². The zero-order chi connectivity index (χ0) is 18.9. The summed E-state index contributed by atoms with van der Waals surface area (Å²) in [6.07, 6.45) is 8.88. The lowest BCUT2D eigenvalue weighted by Crippen LogP contribution is -2.41. The Labute approximate surface area is 151 Å². The van der Waals surface area contributed by atoms with Gasteiger partial charge in [0.25, 0.3) is 5.91 Å². The number of carbonyl (C=O) groups excluding carboxylic acids is 4. The van der Waals surface area contributed by atoms with Gasteiger partial charge < -0.3 is 15.0 Å². The summed E-state index contributed by atoms with van der Waals surface area (Å²) in [5.74, 6) is -1.71. The van der Waals surface area contributed by atoms with Crippen LogP contribution in [-0.4, -0.2) is 41.8 Å². The van der Waals surface area contributed by atoms with Gasteiger partial charge in [-0.1, -0.05) is 11.6 Å². The minimum Gasteiger partial charge on any atom is -0.451 e. The Morgan fingerprint density at radius 1 is 1.23 bits per heavy atom. The van der Waals surface area contributed by atoms with Crippen LogP contribution >= 0.6 is 0 Å². The molecule has 0 atom stereocenters. The molecule has 0 aliphatic heterocycles. The van der Waals surface area contributed by atoms with Crippen LogP contribution in [0.25, 0.3) is 0 Å². The van der Waals surface area contributed by atoms with Crippen LogP contribution in [0.4, 0.5) is 4.79 Å². The number of aromatic amines is 1. The Morgan fingerprint density at radius 3 is 2.69 bits per heavy atom. The molecule has 0 saturated heterocycles. The van der Waals surface area contributed by atoms with E-state index in [1.54, 1.807) is 0 Å². The number of aromatic nitrogens is 1. The Hall–Kier alpha value is -2.90. The molecule has 0 spiro atoms. The van der Waals surface area contributed by atoms with Gasteiger partial charge in [-0.05, 0) is 45.1 Å². The summed E-state index contributed by atoms with van der Waals surface area (Å²) in [4.78, 5) is 48.8. The molecule has 8 heteroatoms. The number of Topliss-reactive ketones (excluding diaryl/α,β-unsaturated/α-hetero) is 1. The molecular weight excluding hydrogens is 338 g/mol. The van der Waals surface area contributed by atoms with Gasteiger partial charge >= 0.3 is 12.0 Å². The maximum Gasteiger partial charge on any atom is 0.355 e. The summed E-state index contributed by atoms with van der Waals surface area (Å²) in [5, 5.41) is 4.70. The molecule has 1 aromatic rings. The lowest BCUT2D eigenvalue weighted by Gasteiger charge is -2.13. The van der Waals surface area contributed by atoms with Crippen molar-refractivity contribution in [2.75, 3.05) is 13.2 Å². The van der Waals surface area contributed by atoms with Crippen LogP contribution in [0.2, 0.25) is 0 Å². The van der Waals surface area contributed by atoms with E-state index in [-0.39, 0.29) is 11.5 Å². The minimum absolute atomic E-state index is 0.0632. The van der Waals surface area contributed by atoms with Crippen molar-refractivity contribution in [2.45, 2.75) is 39.0 Å². The number of esters is 1. The van der Waals surface area contributed by atoms with E-state index in [4.69, 9.17) is 4.74 Å². The van der Waals surface area contributed by atoms with Gasteiger partial charge in [-0.3, -0.25) is 14.9 Å². The van der Waals surface area contributed by atoms with Gasteiger partial charge in [-0.25, -0.2) is 9.59 Å². The number of urea groups is 1. The van der Waals surface area contributed by atoms with Crippen LogP contribution in [0.15, 0.2) is 23.9 Å². The van der Waals surface area contributed by atoms with Crippen molar-refractivity contribution in [3.63, 3.8) is 0 Å². The molecule has 0 radical (unpaired) electrons. The van der Waals surface area contributed by atoms with Gasteiger partial charge in [0.05, 0.1) is 0 Å². The second-order valence-corrected chi connectivity index (χ2v) is 6.10. The molecule has 3 N–H and O–H groups in total. The summed E-state index contributed by atoms with van der Waals surface area (Å²) >= 11 is 0. The third kappa shape index (κ3) is 6.19. The largest absolute Gasteiger partial charge is 0.451 e. The van der Waals surface area contributed by atoms with E-state index in [9.17, 15) is 19.2 Å². The lowest BCUT2D eigenvalue weighted by atomic mass is 9.97. The van der Waals surface area contributed by atoms with E-state index in [0.29, 0.717) is 12.1 Å².